The molecular formula is C14H26O3. The predicted molar refractivity (Wildman–Crippen MR) is 67.9 cm³/mol. The molecule has 0 radical (unpaired) electrons. The normalized spacial score (nSPS) is 24.6. The number of esters is 1. The summed E-state index contributed by atoms with van der Waals surface area (Å²) in [7, 11) is 0. The summed E-state index contributed by atoms with van der Waals surface area (Å²) in [4.78, 5) is 11.7. The zero-order valence-electron chi connectivity index (χ0n) is 11.2. The second-order valence-electron chi connectivity index (χ2n) is 4.78. The summed E-state index contributed by atoms with van der Waals surface area (Å²) in [6.07, 6.45) is 7.32. The Morgan fingerprint density at radius 3 is 2.71 bits per heavy atom. The maximum absolute atomic E-state index is 11.7. The Bertz CT molecular complexity index is 216. The molecule has 0 aromatic heterocycles. The molecule has 0 amide bonds. The summed E-state index contributed by atoms with van der Waals surface area (Å²) in [5.41, 5.74) is 0. The van der Waals surface area contributed by atoms with E-state index in [0.717, 1.165) is 25.9 Å². The Morgan fingerprint density at radius 1 is 1.24 bits per heavy atom. The lowest BCUT2D eigenvalue weighted by Crippen LogP contribution is -2.29. The highest BCUT2D eigenvalue weighted by molar-refractivity contribution is 5.69. The topological polar surface area (TPSA) is 35.5 Å². The average molecular weight is 242 g/mol. The number of hydrogen-bond acceptors (Lipinski definition) is 3. The van der Waals surface area contributed by atoms with E-state index in [1.807, 2.05) is 6.92 Å². The van der Waals surface area contributed by atoms with Gasteiger partial charge in [-0.25, -0.2) is 0 Å². The number of ether oxygens (including phenoxy) is 2. The fourth-order valence-electron chi connectivity index (χ4n) is 2.49. The van der Waals surface area contributed by atoms with Crippen LogP contribution in [0.4, 0.5) is 0 Å². The van der Waals surface area contributed by atoms with Crippen LogP contribution in [0.15, 0.2) is 0 Å². The molecule has 1 aliphatic rings. The van der Waals surface area contributed by atoms with Gasteiger partial charge in [0.25, 0.3) is 0 Å². The molecule has 0 aromatic rings. The van der Waals surface area contributed by atoms with Crippen molar-refractivity contribution in [3.05, 3.63) is 0 Å². The molecule has 3 heteroatoms. The van der Waals surface area contributed by atoms with Crippen molar-refractivity contribution in [1.82, 2.24) is 0 Å². The Labute approximate surface area is 105 Å². The van der Waals surface area contributed by atoms with Crippen molar-refractivity contribution in [3.8, 4) is 0 Å². The van der Waals surface area contributed by atoms with Gasteiger partial charge in [-0.1, -0.05) is 13.3 Å². The predicted octanol–water partition coefficient (Wildman–Crippen LogP) is 3.32. The first-order chi connectivity index (χ1) is 8.27. The van der Waals surface area contributed by atoms with E-state index < -0.39 is 0 Å². The number of carbonyl (C=O) groups is 1. The first-order valence-electron chi connectivity index (χ1n) is 7.05. The minimum absolute atomic E-state index is 0.0462. The fraction of sp³-hybridized carbons (Fsp3) is 0.929. The highest BCUT2D eigenvalue weighted by Gasteiger charge is 2.26. The summed E-state index contributed by atoms with van der Waals surface area (Å²) in [6, 6.07) is 0. The zero-order valence-corrected chi connectivity index (χ0v) is 11.2. The van der Waals surface area contributed by atoms with Gasteiger partial charge in [0.05, 0.1) is 0 Å². The molecule has 1 rings (SSSR count). The molecule has 3 nitrogen and oxygen atoms in total. The van der Waals surface area contributed by atoms with E-state index >= 15 is 0 Å². The van der Waals surface area contributed by atoms with Gasteiger partial charge in [-0.3, -0.25) is 4.79 Å². The first kappa shape index (κ1) is 14.5. The summed E-state index contributed by atoms with van der Waals surface area (Å²) >= 11 is 0. The van der Waals surface area contributed by atoms with E-state index in [2.05, 4.69) is 6.92 Å². The highest BCUT2D eigenvalue weighted by Crippen LogP contribution is 2.29. The fourth-order valence-corrected chi connectivity index (χ4v) is 2.49. The molecule has 1 fully saturated rings. The van der Waals surface area contributed by atoms with E-state index in [-0.39, 0.29) is 12.1 Å². The van der Waals surface area contributed by atoms with Crippen LogP contribution in [0.3, 0.4) is 0 Å². The largest absolute Gasteiger partial charge is 0.462 e. The molecular weight excluding hydrogens is 216 g/mol. The van der Waals surface area contributed by atoms with Gasteiger partial charge in [-0.05, 0) is 44.9 Å². The summed E-state index contributed by atoms with van der Waals surface area (Å²) in [6.45, 7) is 5.53. The van der Waals surface area contributed by atoms with Gasteiger partial charge in [0, 0.05) is 19.6 Å². The molecule has 2 atom stereocenters. The van der Waals surface area contributed by atoms with Gasteiger partial charge >= 0.3 is 5.97 Å². The van der Waals surface area contributed by atoms with Gasteiger partial charge in [0.1, 0.15) is 6.10 Å². The average Bonchev–Trinajstić information content (AvgIpc) is 2.35. The molecule has 2 unspecified atom stereocenters. The zero-order chi connectivity index (χ0) is 12.5. The van der Waals surface area contributed by atoms with E-state index in [1.54, 1.807) is 0 Å². The molecule has 100 valence electrons. The van der Waals surface area contributed by atoms with Gasteiger partial charge in [-0.2, -0.15) is 0 Å². The van der Waals surface area contributed by atoms with Crippen LogP contribution in [-0.4, -0.2) is 25.3 Å². The lowest BCUT2D eigenvalue weighted by atomic mass is 9.85. The standard InChI is InChI=1S/C14H26O3/c1-3-12-8-5-6-9-13(12)17-14(15)10-7-11-16-4-2/h12-13H,3-11H2,1-2H3. The summed E-state index contributed by atoms with van der Waals surface area (Å²) in [5, 5.41) is 0. The van der Waals surface area contributed by atoms with E-state index in [4.69, 9.17) is 9.47 Å². The maximum atomic E-state index is 11.7. The second-order valence-corrected chi connectivity index (χ2v) is 4.78. The van der Waals surface area contributed by atoms with Gasteiger partial charge in [0.15, 0.2) is 0 Å². The maximum Gasteiger partial charge on any atom is 0.306 e. The molecule has 0 saturated heterocycles. The Morgan fingerprint density at radius 2 is 2.00 bits per heavy atom. The Balaban J connectivity index is 2.19. The van der Waals surface area contributed by atoms with Crippen molar-refractivity contribution < 1.29 is 14.3 Å². The van der Waals surface area contributed by atoms with Crippen LogP contribution in [-0.2, 0) is 14.3 Å². The molecule has 1 saturated carbocycles. The lowest BCUT2D eigenvalue weighted by Gasteiger charge is -2.30. The van der Waals surface area contributed by atoms with Crippen molar-refractivity contribution in [1.29, 1.82) is 0 Å². The van der Waals surface area contributed by atoms with E-state index in [0.29, 0.717) is 18.9 Å². The molecule has 0 bridgehead atoms. The van der Waals surface area contributed by atoms with Crippen molar-refractivity contribution in [2.24, 2.45) is 5.92 Å². The van der Waals surface area contributed by atoms with Crippen molar-refractivity contribution in [2.75, 3.05) is 13.2 Å². The molecule has 0 N–H and O–H groups in total. The first-order valence-corrected chi connectivity index (χ1v) is 7.05. The van der Waals surface area contributed by atoms with Crippen LogP contribution < -0.4 is 0 Å². The third kappa shape index (κ3) is 5.53. The van der Waals surface area contributed by atoms with Crippen molar-refractivity contribution in [3.63, 3.8) is 0 Å². The molecule has 0 spiro atoms. The van der Waals surface area contributed by atoms with Gasteiger partial charge in [0.2, 0.25) is 0 Å². The molecule has 0 heterocycles. The number of hydrogen-bond donors (Lipinski definition) is 0. The van der Waals surface area contributed by atoms with E-state index in [9.17, 15) is 4.79 Å². The molecule has 1 aliphatic carbocycles. The number of rotatable bonds is 7. The molecule has 17 heavy (non-hydrogen) atoms. The van der Waals surface area contributed by atoms with Crippen LogP contribution in [0.5, 0.6) is 0 Å². The van der Waals surface area contributed by atoms with Crippen LogP contribution >= 0.6 is 0 Å². The quantitative estimate of drug-likeness (QED) is 0.507. The van der Waals surface area contributed by atoms with Crippen LogP contribution in [0, 0.1) is 5.92 Å². The van der Waals surface area contributed by atoms with E-state index in [1.165, 1.54) is 19.3 Å². The van der Waals surface area contributed by atoms with Crippen LogP contribution in [0.2, 0.25) is 0 Å². The summed E-state index contributed by atoms with van der Waals surface area (Å²) < 4.78 is 10.8. The SMILES string of the molecule is CCOCCCC(=O)OC1CCCCC1CC. The van der Waals surface area contributed by atoms with Gasteiger partial charge in [-0.15, -0.1) is 0 Å². The Hall–Kier alpha value is -0.570. The smallest absolute Gasteiger partial charge is 0.306 e. The highest BCUT2D eigenvalue weighted by atomic mass is 16.5. The second kappa shape index (κ2) is 8.51. The van der Waals surface area contributed by atoms with Crippen LogP contribution in [0.25, 0.3) is 0 Å². The third-order valence-corrected chi connectivity index (χ3v) is 3.52. The lowest BCUT2D eigenvalue weighted by molar-refractivity contribution is -0.154. The van der Waals surface area contributed by atoms with Crippen LogP contribution in [0.1, 0.15) is 58.8 Å². The third-order valence-electron chi connectivity index (χ3n) is 3.52. The minimum atomic E-state index is -0.0462. The summed E-state index contributed by atoms with van der Waals surface area (Å²) in [5.74, 6) is 0.537. The minimum Gasteiger partial charge on any atom is -0.462 e. The van der Waals surface area contributed by atoms with Crippen molar-refractivity contribution >= 4 is 5.97 Å². The Kier molecular flexibility index (Phi) is 7.25. The number of carbonyl (C=O) groups excluding carboxylic acids is 1. The van der Waals surface area contributed by atoms with Gasteiger partial charge < -0.3 is 9.47 Å². The van der Waals surface area contributed by atoms with Crippen molar-refractivity contribution in [2.45, 2.75) is 64.9 Å². The molecule has 0 aromatic carbocycles. The molecule has 0 aliphatic heterocycles. The monoisotopic (exact) mass is 242 g/mol.